The summed E-state index contributed by atoms with van der Waals surface area (Å²) in [6.07, 6.45) is 12.0. The predicted molar refractivity (Wildman–Crippen MR) is 63.3 cm³/mol. The Bertz CT molecular complexity index is 280. The summed E-state index contributed by atoms with van der Waals surface area (Å²) in [7, 11) is 0. The Hall–Kier alpha value is -0.0800. The third-order valence-corrected chi connectivity index (χ3v) is 5.81. The van der Waals surface area contributed by atoms with Crippen molar-refractivity contribution < 1.29 is 4.74 Å². The average Bonchev–Trinajstić information content (AvgIpc) is 2.80. The van der Waals surface area contributed by atoms with Crippen molar-refractivity contribution in [3.8, 4) is 0 Å². The molecule has 1 spiro atoms. The Morgan fingerprint density at radius 2 is 1.81 bits per heavy atom. The summed E-state index contributed by atoms with van der Waals surface area (Å²) in [5.41, 5.74) is 0.587. The fourth-order valence-corrected chi connectivity index (χ4v) is 4.84. The van der Waals surface area contributed by atoms with E-state index in [4.69, 9.17) is 4.74 Å². The molecule has 1 aliphatic heterocycles. The lowest BCUT2D eigenvalue weighted by Crippen LogP contribution is -2.72. The molecular formula is C14H23NO. The van der Waals surface area contributed by atoms with E-state index in [1.165, 1.54) is 51.4 Å². The summed E-state index contributed by atoms with van der Waals surface area (Å²) in [5.74, 6) is 0.862. The Balaban J connectivity index is 1.49. The summed E-state index contributed by atoms with van der Waals surface area (Å²) >= 11 is 0. The lowest BCUT2D eigenvalue weighted by molar-refractivity contribution is -0.178. The minimum Gasteiger partial charge on any atom is -0.377 e. The molecule has 1 N–H and O–H groups in total. The largest absolute Gasteiger partial charge is 0.377 e. The molecule has 16 heavy (non-hydrogen) atoms. The summed E-state index contributed by atoms with van der Waals surface area (Å²) in [6.45, 7) is 1.03. The van der Waals surface area contributed by atoms with Crippen LogP contribution in [0, 0.1) is 11.3 Å². The predicted octanol–water partition coefficient (Wildman–Crippen LogP) is 2.48. The van der Waals surface area contributed by atoms with Crippen molar-refractivity contribution in [2.45, 2.75) is 69.6 Å². The van der Waals surface area contributed by atoms with E-state index < -0.39 is 0 Å². The molecule has 4 aliphatic rings. The molecule has 4 rings (SSSR count). The van der Waals surface area contributed by atoms with E-state index in [0.29, 0.717) is 11.5 Å². The average molecular weight is 221 g/mol. The highest BCUT2D eigenvalue weighted by molar-refractivity contribution is 5.18. The van der Waals surface area contributed by atoms with Crippen LogP contribution in [0.4, 0.5) is 0 Å². The Labute approximate surface area is 98.1 Å². The van der Waals surface area contributed by atoms with E-state index in [1.807, 2.05) is 0 Å². The molecule has 2 nitrogen and oxygen atoms in total. The normalized spacial score (nSPS) is 45.4. The van der Waals surface area contributed by atoms with E-state index in [-0.39, 0.29) is 0 Å². The minimum atomic E-state index is 0.587. The van der Waals surface area contributed by atoms with E-state index in [2.05, 4.69) is 5.32 Å². The molecule has 0 bridgehead atoms. The van der Waals surface area contributed by atoms with Crippen LogP contribution in [-0.2, 0) is 4.74 Å². The highest BCUT2D eigenvalue weighted by atomic mass is 16.5. The first-order valence-electron chi connectivity index (χ1n) is 7.28. The fourth-order valence-electron chi connectivity index (χ4n) is 4.84. The molecule has 3 unspecified atom stereocenters. The first-order chi connectivity index (χ1) is 7.90. The SMILES string of the molecule is C1CCC(NC2C3CCOC3C23CCC3)C1. The molecule has 90 valence electrons. The van der Waals surface area contributed by atoms with E-state index in [0.717, 1.165) is 24.6 Å². The van der Waals surface area contributed by atoms with Crippen LogP contribution >= 0.6 is 0 Å². The fraction of sp³-hybridized carbons (Fsp3) is 1.00. The van der Waals surface area contributed by atoms with Crippen molar-refractivity contribution in [3.63, 3.8) is 0 Å². The van der Waals surface area contributed by atoms with E-state index >= 15 is 0 Å². The number of hydrogen-bond donors (Lipinski definition) is 1. The quantitative estimate of drug-likeness (QED) is 0.773. The number of nitrogens with one attached hydrogen (secondary N) is 1. The van der Waals surface area contributed by atoms with Crippen LogP contribution < -0.4 is 5.32 Å². The summed E-state index contributed by atoms with van der Waals surface area (Å²) in [4.78, 5) is 0. The van der Waals surface area contributed by atoms with Gasteiger partial charge in [-0.1, -0.05) is 19.3 Å². The molecule has 0 aromatic carbocycles. The van der Waals surface area contributed by atoms with Crippen LogP contribution in [0.3, 0.4) is 0 Å². The van der Waals surface area contributed by atoms with Crippen molar-refractivity contribution in [1.29, 1.82) is 0 Å². The van der Waals surface area contributed by atoms with Gasteiger partial charge in [-0.15, -0.1) is 0 Å². The summed E-state index contributed by atoms with van der Waals surface area (Å²) < 4.78 is 5.96. The number of ether oxygens (including phenoxy) is 1. The van der Waals surface area contributed by atoms with Gasteiger partial charge in [-0.2, -0.15) is 0 Å². The maximum Gasteiger partial charge on any atom is 0.0690 e. The van der Waals surface area contributed by atoms with Crippen LogP contribution in [0.1, 0.15) is 51.4 Å². The second kappa shape index (κ2) is 3.46. The van der Waals surface area contributed by atoms with Gasteiger partial charge in [0.05, 0.1) is 6.10 Å². The molecule has 0 radical (unpaired) electrons. The molecule has 3 aliphatic carbocycles. The lowest BCUT2D eigenvalue weighted by Gasteiger charge is -2.64. The van der Waals surface area contributed by atoms with Gasteiger partial charge in [-0.25, -0.2) is 0 Å². The molecule has 1 saturated heterocycles. The van der Waals surface area contributed by atoms with E-state index in [1.54, 1.807) is 0 Å². The molecule has 0 aromatic heterocycles. The zero-order chi connectivity index (χ0) is 10.6. The third-order valence-electron chi connectivity index (χ3n) is 5.81. The topological polar surface area (TPSA) is 21.3 Å². The molecule has 3 saturated carbocycles. The number of hydrogen-bond acceptors (Lipinski definition) is 2. The van der Waals surface area contributed by atoms with Crippen LogP contribution in [-0.4, -0.2) is 24.8 Å². The van der Waals surface area contributed by atoms with Crippen LogP contribution in [0.25, 0.3) is 0 Å². The molecule has 2 heteroatoms. The number of fused-ring (bicyclic) bond motifs is 2. The van der Waals surface area contributed by atoms with Gasteiger partial charge >= 0.3 is 0 Å². The zero-order valence-corrected chi connectivity index (χ0v) is 10.1. The molecular weight excluding hydrogens is 198 g/mol. The molecule has 4 fully saturated rings. The molecule has 0 aromatic rings. The third kappa shape index (κ3) is 1.15. The highest BCUT2D eigenvalue weighted by Crippen LogP contribution is 2.63. The maximum atomic E-state index is 5.96. The van der Waals surface area contributed by atoms with Crippen LogP contribution in [0.5, 0.6) is 0 Å². The smallest absolute Gasteiger partial charge is 0.0690 e. The zero-order valence-electron chi connectivity index (χ0n) is 10.1. The molecule has 1 heterocycles. The van der Waals surface area contributed by atoms with Gasteiger partial charge in [0.1, 0.15) is 0 Å². The Morgan fingerprint density at radius 3 is 2.50 bits per heavy atom. The Kier molecular flexibility index (Phi) is 2.14. The molecule has 0 amide bonds. The van der Waals surface area contributed by atoms with E-state index in [9.17, 15) is 0 Å². The van der Waals surface area contributed by atoms with Crippen LogP contribution in [0.15, 0.2) is 0 Å². The van der Waals surface area contributed by atoms with Gasteiger partial charge in [0.15, 0.2) is 0 Å². The minimum absolute atomic E-state index is 0.587. The lowest BCUT2D eigenvalue weighted by atomic mass is 9.46. The van der Waals surface area contributed by atoms with Crippen molar-refractivity contribution in [2.75, 3.05) is 6.61 Å². The first-order valence-corrected chi connectivity index (χ1v) is 7.28. The molecule has 3 atom stereocenters. The van der Waals surface area contributed by atoms with Crippen molar-refractivity contribution >= 4 is 0 Å². The summed E-state index contributed by atoms with van der Waals surface area (Å²) in [6, 6.07) is 1.65. The van der Waals surface area contributed by atoms with Crippen LogP contribution in [0.2, 0.25) is 0 Å². The van der Waals surface area contributed by atoms with Gasteiger partial charge in [-0.3, -0.25) is 0 Å². The van der Waals surface area contributed by atoms with Gasteiger partial charge in [0.25, 0.3) is 0 Å². The second-order valence-electron chi connectivity index (χ2n) is 6.46. The first kappa shape index (κ1) is 9.90. The van der Waals surface area contributed by atoms with Crippen molar-refractivity contribution in [2.24, 2.45) is 11.3 Å². The maximum absolute atomic E-state index is 5.96. The second-order valence-corrected chi connectivity index (χ2v) is 6.46. The van der Waals surface area contributed by atoms with Crippen molar-refractivity contribution in [3.05, 3.63) is 0 Å². The standard InChI is InChI=1S/C14H23NO/c1-2-5-10(4-1)15-12-11-6-9-16-13(11)14(12)7-3-8-14/h10-13,15H,1-9H2. The van der Waals surface area contributed by atoms with Gasteiger partial charge in [0.2, 0.25) is 0 Å². The summed E-state index contributed by atoms with van der Waals surface area (Å²) in [5, 5.41) is 4.00. The highest BCUT2D eigenvalue weighted by Gasteiger charge is 2.66. The Morgan fingerprint density at radius 1 is 1.00 bits per heavy atom. The van der Waals surface area contributed by atoms with Gasteiger partial charge < -0.3 is 10.1 Å². The van der Waals surface area contributed by atoms with Crippen molar-refractivity contribution in [1.82, 2.24) is 5.32 Å². The monoisotopic (exact) mass is 221 g/mol. The van der Waals surface area contributed by atoms with Gasteiger partial charge in [0, 0.05) is 30.0 Å². The number of rotatable bonds is 2. The van der Waals surface area contributed by atoms with Gasteiger partial charge in [-0.05, 0) is 32.1 Å².